The van der Waals surface area contributed by atoms with Crippen LogP contribution in [0, 0.1) is 13.8 Å². The molecule has 1 aromatic carbocycles. The van der Waals surface area contributed by atoms with Gasteiger partial charge in [0, 0.05) is 11.4 Å². The van der Waals surface area contributed by atoms with Crippen LogP contribution < -0.4 is 11.1 Å². The molecule has 0 aliphatic carbocycles. The summed E-state index contributed by atoms with van der Waals surface area (Å²) in [6, 6.07) is 7.19. The van der Waals surface area contributed by atoms with E-state index in [1.165, 1.54) is 0 Å². The Hall–Kier alpha value is -2.14. The first-order valence-electron chi connectivity index (χ1n) is 6.52. The number of aryl methyl sites for hydroxylation is 3. The van der Waals surface area contributed by atoms with Crippen LogP contribution in [0.3, 0.4) is 0 Å². The fourth-order valence-electron chi connectivity index (χ4n) is 1.94. The molecule has 0 radical (unpaired) electrons. The van der Waals surface area contributed by atoms with Crippen molar-refractivity contribution in [3.8, 4) is 0 Å². The van der Waals surface area contributed by atoms with Gasteiger partial charge >= 0.3 is 0 Å². The lowest BCUT2D eigenvalue weighted by Crippen LogP contribution is -2.17. The first kappa shape index (κ1) is 16.9. The lowest BCUT2D eigenvalue weighted by molar-refractivity contribution is 0.102. The van der Waals surface area contributed by atoms with Gasteiger partial charge in [0.2, 0.25) is 0 Å². The van der Waals surface area contributed by atoms with Crippen LogP contribution in [-0.4, -0.2) is 16.1 Å². The number of nitrogens with zero attached hydrogens (tertiary/aromatic N) is 2. The average Bonchev–Trinajstić information content (AvgIpc) is 2.42. The number of nitrogen functional groups attached to an aromatic ring is 1. The molecule has 2 aromatic rings. The number of rotatable bonds is 3. The number of benzene rings is 1. The second kappa shape index (κ2) is 7.04. The maximum absolute atomic E-state index is 12.4. The van der Waals surface area contributed by atoms with Crippen LogP contribution in [0.1, 0.15) is 34.2 Å². The van der Waals surface area contributed by atoms with Gasteiger partial charge in [-0.1, -0.05) is 13.0 Å². The Morgan fingerprint density at radius 1 is 1.24 bits per heavy atom. The molecule has 3 N–H and O–H groups in total. The van der Waals surface area contributed by atoms with Gasteiger partial charge in [-0.2, -0.15) is 10.2 Å². The second-order valence-electron chi connectivity index (χ2n) is 4.73. The zero-order valence-electron chi connectivity index (χ0n) is 12.3. The van der Waals surface area contributed by atoms with E-state index in [9.17, 15) is 4.79 Å². The molecule has 0 fully saturated rings. The zero-order valence-corrected chi connectivity index (χ0v) is 13.1. The Bertz CT molecular complexity index is 658. The molecule has 0 unspecified atom stereocenters. The summed E-state index contributed by atoms with van der Waals surface area (Å²) in [5.41, 5.74) is 10.0. The van der Waals surface area contributed by atoms with Gasteiger partial charge in [-0.3, -0.25) is 4.79 Å². The summed E-state index contributed by atoms with van der Waals surface area (Å²) >= 11 is 0. The van der Waals surface area contributed by atoms with Crippen molar-refractivity contribution < 1.29 is 4.79 Å². The third kappa shape index (κ3) is 3.92. The summed E-state index contributed by atoms with van der Waals surface area (Å²) in [6.07, 6.45) is 0.659. The average molecular weight is 307 g/mol. The third-order valence-corrected chi connectivity index (χ3v) is 3.08. The molecule has 2 rings (SSSR count). The maximum Gasteiger partial charge on any atom is 0.257 e. The molecule has 0 saturated carbocycles. The van der Waals surface area contributed by atoms with Crippen molar-refractivity contribution in [2.75, 3.05) is 11.1 Å². The lowest BCUT2D eigenvalue weighted by Gasteiger charge is -2.11. The van der Waals surface area contributed by atoms with Gasteiger partial charge in [-0.05, 0) is 44.0 Å². The number of amides is 1. The minimum Gasteiger partial charge on any atom is -0.399 e. The van der Waals surface area contributed by atoms with Gasteiger partial charge in [0.25, 0.3) is 5.91 Å². The van der Waals surface area contributed by atoms with Gasteiger partial charge < -0.3 is 11.1 Å². The normalized spacial score (nSPS) is 9.86. The molecule has 112 valence electrons. The number of hydrogen-bond acceptors (Lipinski definition) is 4. The monoisotopic (exact) mass is 306 g/mol. The highest BCUT2D eigenvalue weighted by Crippen LogP contribution is 2.19. The number of halogens is 1. The molecule has 0 spiro atoms. The van der Waals surface area contributed by atoms with Gasteiger partial charge in [-0.15, -0.1) is 12.4 Å². The number of anilines is 2. The van der Waals surface area contributed by atoms with Gasteiger partial charge in [-0.25, -0.2) is 0 Å². The first-order valence-corrected chi connectivity index (χ1v) is 6.52. The molecular formula is C15H19ClN4O. The van der Waals surface area contributed by atoms with Crippen LogP contribution in [0.4, 0.5) is 11.4 Å². The molecule has 0 aliphatic rings. The maximum atomic E-state index is 12.4. The summed E-state index contributed by atoms with van der Waals surface area (Å²) in [7, 11) is 0. The Balaban J connectivity index is 0.00000220. The molecule has 0 bridgehead atoms. The van der Waals surface area contributed by atoms with Crippen molar-refractivity contribution >= 4 is 29.7 Å². The highest BCUT2D eigenvalue weighted by molar-refractivity contribution is 6.05. The van der Waals surface area contributed by atoms with Gasteiger partial charge in [0.05, 0.1) is 17.0 Å². The highest BCUT2D eigenvalue weighted by atomic mass is 35.5. The van der Waals surface area contributed by atoms with E-state index in [-0.39, 0.29) is 18.3 Å². The van der Waals surface area contributed by atoms with E-state index in [2.05, 4.69) is 15.5 Å². The van der Waals surface area contributed by atoms with Gasteiger partial charge in [0.1, 0.15) is 0 Å². The lowest BCUT2D eigenvalue weighted by atomic mass is 10.1. The smallest absolute Gasteiger partial charge is 0.257 e. The van der Waals surface area contributed by atoms with Crippen molar-refractivity contribution in [3.63, 3.8) is 0 Å². The van der Waals surface area contributed by atoms with Crippen molar-refractivity contribution in [1.29, 1.82) is 0 Å². The molecule has 1 amide bonds. The molecule has 21 heavy (non-hydrogen) atoms. The molecule has 0 saturated heterocycles. The number of nitrogens with two attached hydrogens (primary N) is 1. The molecule has 5 nitrogen and oxygen atoms in total. The predicted molar refractivity (Wildman–Crippen MR) is 86.9 cm³/mol. The van der Waals surface area contributed by atoms with E-state index in [1.807, 2.05) is 26.8 Å². The van der Waals surface area contributed by atoms with E-state index < -0.39 is 0 Å². The molecule has 0 atom stereocenters. The largest absolute Gasteiger partial charge is 0.399 e. The number of hydrogen-bond donors (Lipinski definition) is 2. The minimum absolute atomic E-state index is 0. The van der Waals surface area contributed by atoms with Crippen LogP contribution in [-0.2, 0) is 6.42 Å². The number of nitrogens with one attached hydrogen (secondary N) is 1. The molecule has 0 aliphatic heterocycles. The standard InChI is InChI=1S/C15H18N4O.ClH/c1-4-13-12(7-10(3)18-19-13)15(20)17-14-8-11(16)6-5-9(14)2;/h5-8H,4,16H2,1-3H3,(H,17,20);1H. The Morgan fingerprint density at radius 3 is 2.62 bits per heavy atom. The van der Waals surface area contributed by atoms with E-state index in [0.717, 1.165) is 11.3 Å². The zero-order chi connectivity index (χ0) is 14.7. The van der Waals surface area contributed by atoms with Crippen molar-refractivity contribution in [1.82, 2.24) is 10.2 Å². The predicted octanol–water partition coefficient (Wildman–Crippen LogP) is 2.91. The fraction of sp³-hybridized carbons (Fsp3) is 0.267. The summed E-state index contributed by atoms with van der Waals surface area (Å²) in [5, 5.41) is 10.9. The van der Waals surface area contributed by atoms with Crippen molar-refractivity contribution in [2.24, 2.45) is 0 Å². The van der Waals surface area contributed by atoms with Crippen molar-refractivity contribution in [3.05, 3.63) is 46.8 Å². The second-order valence-corrected chi connectivity index (χ2v) is 4.73. The summed E-state index contributed by atoms with van der Waals surface area (Å²) in [5.74, 6) is -0.187. The topological polar surface area (TPSA) is 80.9 Å². The van der Waals surface area contributed by atoms with Crippen LogP contribution >= 0.6 is 12.4 Å². The van der Waals surface area contributed by atoms with E-state index in [1.54, 1.807) is 18.2 Å². The molecular weight excluding hydrogens is 288 g/mol. The van der Waals surface area contributed by atoms with Crippen molar-refractivity contribution in [2.45, 2.75) is 27.2 Å². The number of aromatic nitrogens is 2. The first-order chi connectivity index (χ1) is 9.51. The summed E-state index contributed by atoms with van der Waals surface area (Å²) < 4.78 is 0. The van der Waals surface area contributed by atoms with Crippen LogP contribution in [0.5, 0.6) is 0 Å². The van der Waals surface area contributed by atoms with Crippen LogP contribution in [0.25, 0.3) is 0 Å². The summed E-state index contributed by atoms with van der Waals surface area (Å²) in [4.78, 5) is 12.4. The minimum atomic E-state index is -0.187. The van der Waals surface area contributed by atoms with Crippen LogP contribution in [0.2, 0.25) is 0 Å². The SMILES string of the molecule is CCc1nnc(C)cc1C(=O)Nc1cc(N)ccc1C.Cl. The fourth-order valence-corrected chi connectivity index (χ4v) is 1.94. The van der Waals surface area contributed by atoms with E-state index in [0.29, 0.717) is 29.1 Å². The molecule has 1 aromatic heterocycles. The van der Waals surface area contributed by atoms with Crippen LogP contribution in [0.15, 0.2) is 24.3 Å². The Kier molecular flexibility index (Phi) is 5.67. The number of carbonyl (C=O) groups is 1. The molecule has 6 heteroatoms. The Labute approximate surface area is 130 Å². The number of carbonyl (C=O) groups excluding carboxylic acids is 1. The van der Waals surface area contributed by atoms with Gasteiger partial charge in [0.15, 0.2) is 0 Å². The quantitative estimate of drug-likeness (QED) is 0.854. The summed E-state index contributed by atoms with van der Waals surface area (Å²) in [6.45, 7) is 5.68. The highest BCUT2D eigenvalue weighted by Gasteiger charge is 2.14. The molecule has 1 heterocycles. The Morgan fingerprint density at radius 2 is 1.95 bits per heavy atom. The third-order valence-electron chi connectivity index (χ3n) is 3.08. The van der Waals surface area contributed by atoms with E-state index in [4.69, 9.17) is 5.73 Å². The van der Waals surface area contributed by atoms with E-state index >= 15 is 0 Å².